The molecule has 15 heavy (non-hydrogen) atoms. The minimum absolute atomic E-state index is 0. The van der Waals surface area contributed by atoms with E-state index in [-0.39, 0.29) is 34.9 Å². The van der Waals surface area contributed by atoms with Gasteiger partial charge in [0.05, 0.1) is 0 Å². The molecule has 5 heteroatoms. The van der Waals surface area contributed by atoms with Crippen LogP contribution >= 0.6 is 0 Å². The quantitative estimate of drug-likeness (QED) is 0.422. The molecule has 0 aliphatic heterocycles. The van der Waals surface area contributed by atoms with E-state index in [1.54, 1.807) is 18.2 Å². The van der Waals surface area contributed by atoms with Crippen LogP contribution in [-0.2, 0) is 0 Å². The Labute approximate surface area is 105 Å². The summed E-state index contributed by atoms with van der Waals surface area (Å²) in [6.45, 7) is 2.67. The largest absolute Gasteiger partial charge is 2.00 e. The maximum Gasteiger partial charge on any atom is 2.00 e. The van der Waals surface area contributed by atoms with Crippen molar-refractivity contribution in [3.63, 3.8) is 0 Å². The number of phenols is 1. The standard InChI is InChI=1S/C7H7O.C3H7O3.Mg/c1-6-4-2-3-5-7(6)8;4-1-3(6)2-5;/h2-5,8H,1H2;4-6H,1-2H2;/q2*-1;+2. The predicted octanol–water partition coefficient (Wildman–Crippen LogP) is 0.0691. The molecule has 4 nitrogen and oxygen atoms in total. The van der Waals surface area contributed by atoms with Gasteiger partial charge in [0.1, 0.15) is 0 Å². The van der Waals surface area contributed by atoms with Crippen molar-refractivity contribution in [1.82, 2.24) is 0 Å². The fourth-order valence-corrected chi connectivity index (χ4v) is 0.561. The van der Waals surface area contributed by atoms with Gasteiger partial charge in [-0.2, -0.15) is 24.7 Å². The number of para-hydroxylation sites is 1. The van der Waals surface area contributed by atoms with Crippen molar-refractivity contribution in [1.29, 1.82) is 0 Å². The number of benzene rings is 1. The fourth-order valence-electron chi connectivity index (χ4n) is 0.561. The first-order valence-corrected chi connectivity index (χ1v) is 3.97. The zero-order valence-corrected chi connectivity index (χ0v) is 9.84. The van der Waals surface area contributed by atoms with Crippen LogP contribution in [0.1, 0.15) is 5.56 Å². The van der Waals surface area contributed by atoms with E-state index in [4.69, 9.17) is 20.4 Å². The summed E-state index contributed by atoms with van der Waals surface area (Å²) in [6, 6.07) is 6.98. The number of aliphatic hydroxyl groups excluding tert-OH is 3. The number of phenolic OH excluding ortho intramolecular Hbond substituents is 1. The summed E-state index contributed by atoms with van der Waals surface area (Å²) in [4.78, 5) is 0. The van der Waals surface area contributed by atoms with Crippen LogP contribution in [0, 0.1) is 13.0 Å². The van der Waals surface area contributed by atoms with Crippen molar-refractivity contribution in [2.24, 2.45) is 0 Å². The molecule has 0 aliphatic carbocycles. The first kappa shape index (κ1) is 16.9. The predicted molar refractivity (Wildman–Crippen MR) is 57.7 cm³/mol. The Balaban J connectivity index is 0. The topological polar surface area (TPSA) is 80.9 Å². The third kappa shape index (κ3) is 8.53. The summed E-state index contributed by atoms with van der Waals surface area (Å²) in [5.74, 6) is 0.257. The molecule has 0 bridgehead atoms. The molecule has 1 aromatic rings. The minimum atomic E-state index is -0.448. The van der Waals surface area contributed by atoms with E-state index in [0.29, 0.717) is 5.56 Å². The van der Waals surface area contributed by atoms with Gasteiger partial charge < -0.3 is 20.4 Å². The molecular weight excluding hydrogens is 208 g/mol. The molecule has 1 aromatic carbocycles. The van der Waals surface area contributed by atoms with Crippen LogP contribution in [0.4, 0.5) is 0 Å². The molecule has 1 rings (SSSR count). The fraction of sp³-hybridized carbons (Fsp3) is 0.200. The molecule has 0 spiro atoms. The van der Waals surface area contributed by atoms with Crippen molar-refractivity contribution in [2.45, 2.75) is 0 Å². The van der Waals surface area contributed by atoms with Gasteiger partial charge in [-0.1, -0.05) is 25.3 Å². The normalized spacial score (nSPS) is 8.80. The van der Waals surface area contributed by atoms with Gasteiger partial charge in [-0.05, 0) is 0 Å². The van der Waals surface area contributed by atoms with Crippen molar-refractivity contribution >= 4 is 23.1 Å². The van der Waals surface area contributed by atoms with Crippen molar-refractivity contribution < 1.29 is 20.4 Å². The van der Waals surface area contributed by atoms with Crippen molar-refractivity contribution in [3.05, 3.63) is 42.9 Å². The van der Waals surface area contributed by atoms with Gasteiger partial charge in [0.2, 0.25) is 0 Å². The van der Waals surface area contributed by atoms with Gasteiger partial charge >= 0.3 is 23.1 Å². The SMILES string of the molecule is OC[C-](O)CO.[CH2-]c1ccccc1O.[Mg+2]. The summed E-state index contributed by atoms with van der Waals surface area (Å²) in [5.41, 5.74) is 0.674. The van der Waals surface area contributed by atoms with Crippen LogP contribution in [0.15, 0.2) is 24.3 Å². The zero-order chi connectivity index (χ0) is 11.0. The second kappa shape index (κ2) is 10.1. The molecular formula is C10H14MgO4. The molecule has 0 aromatic heterocycles. The smallest absolute Gasteiger partial charge is 0.565 e. The molecule has 0 radical (unpaired) electrons. The molecule has 0 heterocycles. The van der Waals surface area contributed by atoms with Gasteiger partial charge in [0.15, 0.2) is 0 Å². The van der Waals surface area contributed by atoms with Gasteiger partial charge in [0, 0.05) is 5.75 Å². The van der Waals surface area contributed by atoms with E-state index in [1.165, 1.54) is 0 Å². The average molecular weight is 223 g/mol. The summed E-state index contributed by atoms with van der Waals surface area (Å²) in [7, 11) is 0. The average Bonchev–Trinajstić information content (AvgIpc) is 2.22. The molecule has 0 amide bonds. The van der Waals surface area contributed by atoms with Crippen LogP contribution in [-0.4, -0.2) is 56.7 Å². The second-order valence-electron chi connectivity index (χ2n) is 2.51. The summed E-state index contributed by atoms with van der Waals surface area (Å²) < 4.78 is 0. The van der Waals surface area contributed by atoms with E-state index >= 15 is 0 Å². The molecule has 4 N–H and O–H groups in total. The Morgan fingerprint density at radius 1 is 1.13 bits per heavy atom. The van der Waals surface area contributed by atoms with E-state index in [0.717, 1.165) is 0 Å². The van der Waals surface area contributed by atoms with Crippen LogP contribution in [0.2, 0.25) is 0 Å². The van der Waals surface area contributed by atoms with Gasteiger partial charge in [-0.3, -0.25) is 0 Å². The first-order valence-electron chi connectivity index (χ1n) is 3.97. The number of aromatic hydroxyl groups is 1. The Kier molecular flexibility index (Phi) is 11.4. The minimum Gasteiger partial charge on any atom is -0.565 e. The summed E-state index contributed by atoms with van der Waals surface area (Å²) >= 11 is 0. The van der Waals surface area contributed by atoms with Gasteiger partial charge in [-0.15, -0.1) is 6.07 Å². The molecule has 80 valence electrons. The van der Waals surface area contributed by atoms with Gasteiger partial charge in [0.25, 0.3) is 0 Å². The Bertz CT molecular complexity index is 230. The Hall–Kier alpha value is -0.464. The van der Waals surface area contributed by atoms with Crippen molar-refractivity contribution in [2.75, 3.05) is 13.2 Å². The van der Waals surface area contributed by atoms with Gasteiger partial charge in [-0.25, -0.2) is 0 Å². The van der Waals surface area contributed by atoms with Crippen LogP contribution < -0.4 is 0 Å². The van der Waals surface area contributed by atoms with Crippen LogP contribution in [0.5, 0.6) is 5.75 Å². The third-order valence-corrected chi connectivity index (χ3v) is 1.36. The van der Waals surface area contributed by atoms with Crippen molar-refractivity contribution in [3.8, 4) is 5.75 Å². The van der Waals surface area contributed by atoms with Crippen LogP contribution in [0.25, 0.3) is 0 Å². The molecule has 0 saturated heterocycles. The maximum absolute atomic E-state index is 8.86. The van der Waals surface area contributed by atoms with E-state index < -0.39 is 13.2 Å². The molecule has 0 atom stereocenters. The number of aliphatic hydroxyl groups is 3. The Morgan fingerprint density at radius 3 is 1.80 bits per heavy atom. The van der Waals surface area contributed by atoms with Crippen LogP contribution in [0.3, 0.4) is 0 Å². The summed E-state index contributed by atoms with van der Waals surface area (Å²) in [6.07, 6.45) is -0.296. The molecule has 0 aliphatic rings. The Morgan fingerprint density at radius 2 is 1.60 bits per heavy atom. The van der Waals surface area contributed by atoms with E-state index in [1.807, 2.05) is 6.07 Å². The molecule has 0 unspecified atom stereocenters. The number of rotatable bonds is 2. The summed E-state index contributed by atoms with van der Waals surface area (Å²) in [5, 5.41) is 32.7. The molecule has 0 fully saturated rings. The second-order valence-corrected chi connectivity index (χ2v) is 2.51. The third-order valence-electron chi connectivity index (χ3n) is 1.36. The number of hydrogen-bond donors (Lipinski definition) is 4. The zero-order valence-electron chi connectivity index (χ0n) is 8.43. The first-order chi connectivity index (χ1) is 6.61. The van der Waals surface area contributed by atoms with E-state index in [2.05, 4.69) is 6.92 Å². The number of hydrogen-bond acceptors (Lipinski definition) is 4. The molecule has 0 saturated carbocycles. The monoisotopic (exact) mass is 222 g/mol. The maximum atomic E-state index is 8.86. The van der Waals surface area contributed by atoms with E-state index in [9.17, 15) is 0 Å².